The lowest BCUT2D eigenvalue weighted by atomic mass is 9.87. The highest BCUT2D eigenvalue weighted by Crippen LogP contribution is 2.41. The fourth-order valence-corrected chi connectivity index (χ4v) is 4.88. The van der Waals surface area contributed by atoms with Gasteiger partial charge < -0.3 is 29.5 Å². The van der Waals surface area contributed by atoms with E-state index in [-0.39, 0.29) is 36.2 Å². The molecule has 1 saturated heterocycles. The number of rotatable bonds is 11. The number of fused-ring (bicyclic) bond motifs is 1. The highest BCUT2D eigenvalue weighted by Gasteiger charge is 2.43. The highest BCUT2D eigenvalue weighted by molar-refractivity contribution is 6.30. The van der Waals surface area contributed by atoms with Crippen molar-refractivity contribution >= 4 is 17.6 Å². The number of carbonyl (C=O) groups is 1. The predicted molar refractivity (Wildman–Crippen MR) is 124 cm³/mol. The minimum Gasteiger partial charge on any atom is -0.487 e. The Morgan fingerprint density at radius 1 is 1.38 bits per heavy atom. The van der Waals surface area contributed by atoms with E-state index in [1.807, 2.05) is 6.92 Å². The van der Waals surface area contributed by atoms with Crippen LogP contribution in [0.25, 0.3) is 0 Å². The number of aliphatic hydroxyl groups is 2. The van der Waals surface area contributed by atoms with Crippen LogP contribution < -0.4 is 4.74 Å². The van der Waals surface area contributed by atoms with Crippen LogP contribution >= 0.6 is 11.6 Å². The molecule has 0 bridgehead atoms. The molecule has 7 nitrogen and oxygen atoms in total. The topological polar surface area (TPSA) is 105 Å². The largest absolute Gasteiger partial charge is 0.487 e. The Morgan fingerprint density at radius 3 is 2.91 bits per heavy atom. The number of carboxylic acid groups (broad SMARTS) is 1. The van der Waals surface area contributed by atoms with E-state index in [4.69, 9.17) is 25.8 Å². The molecule has 3 rings (SSSR count). The van der Waals surface area contributed by atoms with Crippen molar-refractivity contribution in [1.29, 1.82) is 0 Å². The van der Waals surface area contributed by atoms with Gasteiger partial charge in [0, 0.05) is 29.3 Å². The first-order valence-corrected chi connectivity index (χ1v) is 12.2. The molecule has 1 aromatic carbocycles. The number of benzene rings is 1. The second-order valence-electron chi connectivity index (χ2n) is 9.15. The predicted octanol–water partition coefficient (Wildman–Crippen LogP) is 3.84. The smallest absolute Gasteiger partial charge is 0.332 e. The van der Waals surface area contributed by atoms with E-state index >= 15 is 0 Å². The zero-order chi connectivity index (χ0) is 24.7. The summed E-state index contributed by atoms with van der Waals surface area (Å²) in [4.78, 5) is 11.3. The van der Waals surface area contributed by atoms with Crippen LogP contribution in [-0.2, 0) is 14.3 Å². The summed E-state index contributed by atoms with van der Waals surface area (Å²) in [5.41, 5.74) is 0. The van der Waals surface area contributed by atoms with Crippen molar-refractivity contribution < 1.29 is 38.7 Å². The van der Waals surface area contributed by atoms with E-state index in [1.165, 1.54) is 18.2 Å². The highest BCUT2D eigenvalue weighted by atomic mass is 35.5. The molecule has 190 valence electrons. The van der Waals surface area contributed by atoms with Crippen LogP contribution in [0.1, 0.15) is 39.0 Å². The van der Waals surface area contributed by atoms with Gasteiger partial charge in [0.2, 0.25) is 0 Å². The molecule has 1 aromatic rings. The average Bonchev–Trinajstić information content (AvgIpc) is 2.96. The molecule has 0 aromatic heterocycles. The summed E-state index contributed by atoms with van der Waals surface area (Å²) in [5, 5.41) is 30.4. The van der Waals surface area contributed by atoms with Crippen molar-refractivity contribution in [3.8, 4) is 5.75 Å². The monoisotopic (exact) mass is 500 g/mol. The van der Waals surface area contributed by atoms with E-state index in [0.29, 0.717) is 31.1 Å². The second-order valence-corrected chi connectivity index (χ2v) is 9.58. The molecule has 0 radical (unpaired) electrons. The van der Waals surface area contributed by atoms with E-state index < -0.39 is 30.1 Å². The SMILES string of the molecule is CCCC(OC[C@@H]1CC[C@@H]2[C@@H](/C=C/[C@@H](O)COc3cc(Cl)ccc3F)[C@H](O)C[C@@H]2OC1)C(=O)O. The quantitative estimate of drug-likeness (QED) is 0.396. The van der Waals surface area contributed by atoms with Gasteiger partial charge >= 0.3 is 5.97 Å². The van der Waals surface area contributed by atoms with E-state index in [2.05, 4.69) is 0 Å². The molecule has 2 aliphatic rings. The van der Waals surface area contributed by atoms with Crippen LogP contribution in [0, 0.1) is 23.6 Å². The minimum atomic E-state index is -0.982. The molecule has 2 fully saturated rings. The van der Waals surface area contributed by atoms with Crippen molar-refractivity contribution in [1.82, 2.24) is 0 Å². The lowest BCUT2D eigenvalue weighted by molar-refractivity contribution is -0.152. The van der Waals surface area contributed by atoms with Gasteiger partial charge in [-0.25, -0.2) is 9.18 Å². The number of halogens is 2. The average molecular weight is 501 g/mol. The third-order valence-electron chi connectivity index (χ3n) is 6.56. The van der Waals surface area contributed by atoms with Crippen LogP contribution in [0.4, 0.5) is 4.39 Å². The Hall–Kier alpha value is -1.71. The molecule has 0 amide bonds. The Morgan fingerprint density at radius 2 is 2.18 bits per heavy atom. The molecule has 1 aliphatic carbocycles. The van der Waals surface area contributed by atoms with Crippen molar-refractivity contribution in [3.63, 3.8) is 0 Å². The van der Waals surface area contributed by atoms with Crippen molar-refractivity contribution in [2.75, 3.05) is 19.8 Å². The van der Waals surface area contributed by atoms with Crippen LogP contribution in [0.5, 0.6) is 5.75 Å². The maximum absolute atomic E-state index is 13.8. The number of hydrogen-bond acceptors (Lipinski definition) is 6. The van der Waals surface area contributed by atoms with E-state index in [0.717, 1.165) is 19.3 Å². The molecule has 7 atom stereocenters. The lowest BCUT2D eigenvalue weighted by Crippen LogP contribution is -2.27. The first-order chi connectivity index (χ1) is 16.3. The molecule has 1 saturated carbocycles. The summed E-state index contributed by atoms with van der Waals surface area (Å²) in [6, 6.07) is 3.96. The fourth-order valence-electron chi connectivity index (χ4n) is 4.71. The number of aliphatic carboxylic acids is 1. The first kappa shape index (κ1) is 26.9. The van der Waals surface area contributed by atoms with Gasteiger partial charge in [0.15, 0.2) is 17.7 Å². The summed E-state index contributed by atoms with van der Waals surface area (Å²) in [6.07, 6.45) is 4.20. The number of aliphatic hydroxyl groups excluding tert-OH is 2. The molecule has 34 heavy (non-hydrogen) atoms. The Labute approximate surface area is 204 Å². The normalized spacial score (nSPS) is 28.9. The fraction of sp³-hybridized carbons (Fsp3) is 0.640. The van der Waals surface area contributed by atoms with Crippen molar-refractivity contribution in [3.05, 3.63) is 41.2 Å². The van der Waals surface area contributed by atoms with Crippen molar-refractivity contribution in [2.45, 2.75) is 63.4 Å². The molecule has 1 heterocycles. The zero-order valence-electron chi connectivity index (χ0n) is 19.3. The van der Waals surface area contributed by atoms with E-state index in [1.54, 1.807) is 12.2 Å². The summed E-state index contributed by atoms with van der Waals surface area (Å²) in [5.74, 6) is -1.54. The van der Waals surface area contributed by atoms with E-state index in [9.17, 15) is 24.5 Å². The van der Waals surface area contributed by atoms with Gasteiger partial charge in [0.1, 0.15) is 12.7 Å². The molecule has 0 spiro atoms. The Kier molecular flexibility index (Phi) is 10.2. The van der Waals surface area contributed by atoms with Crippen LogP contribution in [-0.4, -0.2) is 65.5 Å². The third kappa shape index (κ3) is 7.39. The van der Waals surface area contributed by atoms with Gasteiger partial charge in [0.25, 0.3) is 0 Å². The summed E-state index contributed by atoms with van der Waals surface area (Å²) in [7, 11) is 0. The second kappa shape index (κ2) is 12.8. The summed E-state index contributed by atoms with van der Waals surface area (Å²) < 4.78 is 30.8. The number of ether oxygens (including phenoxy) is 3. The molecule has 3 N–H and O–H groups in total. The Balaban J connectivity index is 1.51. The summed E-state index contributed by atoms with van der Waals surface area (Å²) in [6.45, 7) is 2.57. The molecule has 9 heteroatoms. The molecular weight excluding hydrogens is 467 g/mol. The lowest BCUT2D eigenvalue weighted by Gasteiger charge is -2.21. The van der Waals surface area contributed by atoms with Crippen LogP contribution in [0.15, 0.2) is 30.4 Å². The van der Waals surface area contributed by atoms with Gasteiger partial charge in [-0.05, 0) is 37.3 Å². The minimum absolute atomic E-state index is 0.0320. The molecular formula is C25H34ClFO7. The number of hydrogen-bond donors (Lipinski definition) is 3. The maximum atomic E-state index is 13.8. The van der Waals surface area contributed by atoms with Gasteiger partial charge in [-0.1, -0.05) is 37.1 Å². The Bertz CT molecular complexity index is 835. The summed E-state index contributed by atoms with van der Waals surface area (Å²) >= 11 is 5.85. The van der Waals surface area contributed by atoms with Gasteiger partial charge in [-0.2, -0.15) is 0 Å². The van der Waals surface area contributed by atoms with Gasteiger partial charge in [0.05, 0.1) is 25.4 Å². The van der Waals surface area contributed by atoms with Gasteiger partial charge in [-0.15, -0.1) is 0 Å². The maximum Gasteiger partial charge on any atom is 0.332 e. The van der Waals surface area contributed by atoms with Gasteiger partial charge in [-0.3, -0.25) is 0 Å². The number of carboxylic acids is 1. The third-order valence-corrected chi connectivity index (χ3v) is 6.80. The van der Waals surface area contributed by atoms with Crippen molar-refractivity contribution in [2.24, 2.45) is 17.8 Å². The zero-order valence-corrected chi connectivity index (χ0v) is 20.1. The standard InChI is InChI=1S/C25H34ClFO7/c1-2-3-22(25(30)31)32-12-15-4-7-19-18(21(29)11-23(19)33-13-15)8-6-17(28)14-34-24-10-16(26)5-9-20(24)27/h5-6,8-10,15,17-19,21-23,28-29H,2-4,7,11-14H2,1H3,(H,30,31)/b8-6+/t15-,17+,18+,19+,21+,22?,23-/m0/s1. The van der Waals surface area contributed by atoms with Crippen LogP contribution in [0.2, 0.25) is 5.02 Å². The first-order valence-electron chi connectivity index (χ1n) is 11.9. The van der Waals surface area contributed by atoms with Crippen LogP contribution in [0.3, 0.4) is 0 Å². The molecule has 1 aliphatic heterocycles. The molecule has 1 unspecified atom stereocenters.